The maximum atomic E-state index is 11.4. The molecule has 5 rings (SSSR count). The van der Waals surface area contributed by atoms with Gasteiger partial charge in [0.05, 0.1) is 32.5 Å². The summed E-state index contributed by atoms with van der Waals surface area (Å²) in [4.78, 5) is 0. The van der Waals surface area contributed by atoms with Crippen molar-refractivity contribution >= 4 is 0 Å². The van der Waals surface area contributed by atoms with Crippen molar-refractivity contribution in [3.05, 3.63) is 0 Å². The van der Waals surface area contributed by atoms with E-state index in [9.17, 15) is 61.3 Å². The molecule has 5 heterocycles. The molecule has 0 spiro atoms. The lowest BCUT2D eigenvalue weighted by atomic mass is 9.97. The van der Waals surface area contributed by atoms with Crippen LogP contribution in [0.1, 0.15) is 6.92 Å². The largest absolute Gasteiger partial charge is 0.388 e. The topological polar surface area (TPSA) is 326 Å². The fourth-order valence-electron chi connectivity index (χ4n) is 5.85. The molecule has 0 aromatic rings. The fourth-order valence-corrected chi connectivity index (χ4v) is 5.85. The zero-order valence-corrected chi connectivity index (χ0v) is 25.0. The van der Waals surface area contributed by atoms with E-state index in [4.69, 9.17) is 42.6 Å². The summed E-state index contributed by atoms with van der Waals surface area (Å²) in [5.41, 5.74) is 0. The second-order valence-electron chi connectivity index (χ2n) is 12.1. The highest BCUT2D eigenvalue weighted by atomic mass is 16.8. The lowest BCUT2D eigenvalue weighted by Crippen LogP contribution is -2.66. The Hall–Kier alpha value is -0.840. The zero-order valence-electron chi connectivity index (χ0n) is 25.0. The second kappa shape index (κ2) is 15.6. The van der Waals surface area contributed by atoms with Crippen molar-refractivity contribution in [2.45, 2.75) is 136 Å². The first-order valence-corrected chi connectivity index (χ1v) is 15.1. The maximum Gasteiger partial charge on any atom is 0.187 e. The molecular formula is C26H44O21. The van der Waals surface area contributed by atoms with Gasteiger partial charge in [-0.1, -0.05) is 0 Å². The molecule has 0 saturated carbocycles. The molecule has 21 heteroatoms. The predicted octanol–water partition coefficient (Wildman–Crippen LogP) is -8.34. The molecule has 5 fully saturated rings. The highest BCUT2D eigenvalue weighted by Gasteiger charge is 2.54. The summed E-state index contributed by atoms with van der Waals surface area (Å²) in [6, 6.07) is 0. The van der Waals surface area contributed by atoms with Gasteiger partial charge in [0.15, 0.2) is 31.5 Å². The van der Waals surface area contributed by atoms with E-state index in [-0.39, 0.29) is 0 Å². The van der Waals surface area contributed by atoms with E-state index in [2.05, 4.69) is 0 Å². The van der Waals surface area contributed by atoms with Crippen LogP contribution < -0.4 is 0 Å². The van der Waals surface area contributed by atoms with E-state index in [0.29, 0.717) is 0 Å². The maximum absolute atomic E-state index is 11.4. The molecule has 0 unspecified atom stereocenters. The van der Waals surface area contributed by atoms with Crippen LogP contribution in [0, 0.1) is 0 Å². The Morgan fingerprint density at radius 1 is 0.383 bits per heavy atom. The quantitative estimate of drug-likeness (QED) is 0.112. The van der Waals surface area contributed by atoms with Crippen molar-refractivity contribution < 1.29 is 104 Å². The Morgan fingerprint density at radius 2 is 0.787 bits per heavy atom. The molecule has 21 atom stereocenters. The Balaban J connectivity index is 1.34. The SMILES string of the molecule is C[C@@H]1O[C@@H](O[C@@H]2[C@@H](O)[C@@H](O)CO[C@H]2O)[C@H](O)[C@H](O[C@@H]2OC[C@@H](O)[C@H](O)[C@H]2O)[C@H]1O[C@@H]1OC[C@@H](O)[C@H](O[C@@H]2OC[C@H](O)[C@H](O)[C@H]2O)[C@H]1O. The fraction of sp³-hybridized carbons (Fsp3) is 1.00. The number of ether oxygens (including phenoxy) is 9. The third-order valence-corrected chi connectivity index (χ3v) is 8.70. The molecule has 12 N–H and O–H groups in total. The van der Waals surface area contributed by atoms with Gasteiger partial charge >= 0.3 is 0 Å². The Kier molecular flexibility index (Phi) is 12.4. The van der Waals surface area contributed by atoms with Crippen molar-refractivity contribution in [2.75, 3.05) is 26.4 Å². The minimum atomic E-state index is -1.90. The van der Waals surface area contributed by atoms with Crippen LogP contribution in [0.3, 0.4) is 0 Å². The number of hydrogen-bond donors (Lipinski definition) is 12. The predicted molar refractivity (Wildman–Crippen MR) is 141 cm³/mol. The van der Waals surface area contributed by atoms with E-state index in [1.165, 1.54) is 6.92 Å². The van der Waals surface area contributed by atoms with Crippen LogP contribution in [0.4, 0.5) is 0 Å². The second-order valence-corrected chi connectivity index (χ2v) is 12.1. The highest BCUT2D eigenvalue weighted by molar-refractivity contribution is 4.96. The van der Waals surface area contributed by atoms with Crippen molar-refractivity contribution in [3.8, 4) is 0 Å². The molecule has 5 saturated heterocycles. The number of rotatable bonds is 8. The first-order valence-electron chi connectivity index (χ1n) is 15.1. The summed E-state index contributed by atoms with van der Waals surface area (Å²) in [6.07, 6.45) is -33.8. The van der Waals surface area contributed by atoms with Crippen LogP contribution in [-0.2, 0) is 42.6 Å². The lowest BCUT2D eigenvalue weighted by molar-refractivity contribution is -0.391. The number of aliphatic hydroxyl groups is 12. The minimum absolute atomic E-state index is 0.406. The summed E-state index contributed by atoms with van der Waals surface area (Å²) in [7, 11) is 0. The first-order chi connectivity index (χ1) is 22.2. The standard InChI is InChI=1S/C26H44O21/c1-6-18(44-25-16(36)19(10(30)5-42-25)45-23-14(34)11(31)7(27)3-40-23)20(46-24-15(35)12(32)8(28)4-41-24)17(37)26(43-6)47-21-13(33)9(29)2-39-22(21)38/h6-38H,2-5H2,1H3/t6-,7-,8+,9-,10+,11-,12-,13-,14+,15+,16+,17+,18-,19-,20-,21+,22+,23-,24-,25-,26-/m0/s1. The Bertz CT molecular complexity index is 996. The monoisotopic (exact) mass is 692 g/mol. The third kappa shape index (κ3) is 7.90. The molecule has 5 aliphatic heterocycles. The average molecular weight is 693 g/mol. The van der Waals surface area contributed by atoms with Crippen LogP contribution in [-0.4, -0.2) is 217 Å². The molecule has 0 bridgehead atoms. The van der Waals surface area contributed by atoms with Gasteiger partial charge in [0.2, 0.25) is 0 Å². The lowest BCUT2D eigenvalue weighted by Gasteiger charge is -2.49. The summed E-state index contributed by atoms with van der Waals surface area (Å²) in [5.74, 6) is 0. The van der Waals surface area contributed by atoms with Crippen LogP contribution in [0.15, 0.2) is 0 Å². The van der Waals surface area contributed by atoms with Crippen LogP contribution in [0.25, 0.3) is 0 Å². The van der Waals surface area contributed by atoms with Gasteiger partial charge in [-0.25, -0.2) is 0 Å². The van der Waals surface area contributed by atoms with E-state index in [1.807, 2.05) is 0 Å². The molecule has 5 aliphatic rings. The van der Waals surface area contributed by atoms with E-state index < -0.39 is 156 Å². The molecule has 274 valence electrons. The highest BCUT2D eigenvalue weighted by Crippen LogP contribution is 2.34. The van der Waals surface area contributed by atoms with Gasteiger partial charge in [0.1, 0.15) is 91.6 Å². The Morgan fingerprint density at radius 3 is 1.36 bits per heavy atom. The minimum Gasteiger partial charge on any atom is -0.388 e. The van der Waals surface area contributed by atoms with Crippen molar-refractivity contribution in [3.63, 3.8) is 0 Å². The van der Waals surface area contributed by atoms with E-state index >= 15 is 0 Å². The van der Waals surface area contributed by atoms with Gasteiger partial charge < -0.3 is 104 Å². The van der Waals surface area contributed by atoms with Gasteiger partial charge in [0.25, 0.3) is 0 Å². The molecule has 0 amide bonds. The first kappa shape index (κ1) is 37.4. The molecule has 0 radical (unpaired) electrons. The third-order valence-electron chi connectivity index (χ3n) is 8.70. The normalized spacial score (nSPS) is 54.7. The number of aliphatic hydroxyl groups excluding tert-OH is 12. The van der Waals surface area contributed by atoms with Gasteiger partial charge in [-0.2, -0.15) is 0 Å². The van der Waals surface area contributed by atoms with Crippen molar-refractivity contribution in [2.24, 2.45) is 0 Å². The van der Waals surface area contributed by atoms with Gasteiger partial charge in [0, 0.05) is 0 Å². The van der Waals surface area contributed by atoms with Crippen LogP contribution >= 0.6 is 0 Å². The van der Waals surface area contributed by atoms with Crippen LogP contribution in [0.2, 0.25) is 0 Å². The van der Waals surface area contributed by atoms with Gasteiger partial charge in [-0.3, -0.25) is 0 Å². The zero-order chi connectivity index (χ0) is 34.3. The van der Waals surface area contributed by atoms with Gasteiger partial charge in [-0.15, -0.1) is 0 Å². The summed E-state index contributed by atoms with van der Waals surface area (Å²) in [5, 5.41) is 124. The smallest absolute Gasteiger partial charge is 0.187 e. The van der Waals surface area contributed by atoms with E-state index in [1.54, 1.807) is 0 Å². The summed E-state index contributed by atoms with van der Waals surface area (Å²) >= 11 is 0. The molecule has 0 aliphatic carbocycles. The average Bonchev–Trinajstić information content (AvgIpc) is 3.04. The molecule has 0 aromatic carbocycles. The molecular weight excluding hydrogens is 648 g/mol. The van der Waals surface area contributed by atoms with Crippen molar-refractivity contribution in [1.29, 1.82) is 0 Å². The number of hydrogen-bond acceptors (Lipinski definition) is 21. The molecule has 47 heavy (non-hydrogen) atoms. The van der Waals surface area contributed by atoms with Gasteiger partial charge in [-0.05, 0) is 6.92 Å². The van der Waals surface area contributed by atoms with Crippen LogP contribution in [0.5, 0.6) is 0 Å². The molecule has 0 aromatic heterocycles. The van der Waals surface area contributed by atoms with E-state index in [0.717, 1.165) is 0 Å². The molecule has 21 nitrogen and oxygen atoms in total. The summed E-state index contributed by atoms with van der Waals surface area (Å²) in [6.45, 7) is -0.374. The van der Waals surface area contributed by atoms with Crippen molar-refractivity contribution in [1.82, 2.24) is 0 Å². The summed E-state index contributed by atoms with van der Waals surface area (Å²) < 4.78 is 49.7. The Labute approximate surface area is 266 Å².